The molecule has 0 saturated heterocycles. The lowest BCUT2D eigenvalue weighted by atomic mass is 9.93. The van der Waals surface area contributed by atoms with E-state index in [0.29, 0.717) is 0 Å². The molecule has 0 aromatic heterocycles. The molecule has 1 atom stereocenters. The van der Waals surface area contributed by atoms with E-state index in [1.54, 1.807) is 0 Å². The van der Waals surface area contributed by atoms with Crippen LogP contribution in [0.3, 0.4) is 0 Å². The Kier molecular flexibility index (Phi) is 4.39. The van der Waals surface area contributed by atoms with E-state index in [1.165, 1.54) is 0 Å². The fraction of sp³-hybridized carbons (Fsp3) is 0.429. The highest BCUT2D eigenvalue weighted by atomic mass is 16.4. The Morgan fingerprint density at radius 1 is 1.26 bits per heavy atom. The lowest BCUT2D eigenvalue weighted by Gasteiger charge is -2.27. The highest BCUT2D eigenvalue weighted by Gasteiger charge is 2.22. The number of rotatable bonds is 5. The summed E-state index contributed by atoms with van der Waals surface area (Å²) >= 11 is 0. The Hall–Kier alpha value is -2.04. The molecule has 102 valence electrons. The average Bonchev–Trinajstić information content (AvgIpc) is 2.34. The van der Waals surface area contributed by atoms with Crippen LogP contribution in [0.25, 0.3) is 0 Å². The quantitative estimate of drug-likeness (QED) is 0.760. The zero-order valence-corrected chi connectivity index (χ0v) is 10.6. The van der Waals surface area contributed by atoms with Gasteiger partial charge in [-0.15, -0.1) is 0 Å². The fourth-order valence-electron chi connectivity index (χ4n) is 2.05. The van der Waals surface area contributed by atoms with Gasteiger partial charge in [-0.05, 0) is 24.8 Å². The summed E-state index contributed by atoms with van der Waals surface area (Å²) < 4.78 is 0. The van der Waals surface area contributed by atoms with E-state index in [9.17, 15) is 9.59 Å². The van der Waals surface area contributed by atoms with Crippen molar-refractivity contribution in [3.63, 3.8) is 0 Å². The van der Waals surface area contributed by atoms with Gasteiger partial charge < -0.3 is 15.7 Å². The van der Waals surface area contributed by atoms with Gasteiger partial charge in [-0.25, -0.2) is 4.79 Å². The van der Waals surface area contributed by atoms with Crippen LogP contribution in [0.5, 0.6) is 0 Å². The van der Waals surface area contributed by atoms with E-state index in [2.05, 4.69) is 10.6 Å². The van der Waals surface area contributed by atoms with Crippen LogP contribution in [-0.4, -0.2) is 23.1 Å². The zero-order chi connectivity index (χ0) is 13.7. The van der Waals surface area contributed by atoms with Gasteiger partial charge in [-0.3, -0.25) is 4.79 Å². The van der Waals surface area contributed by atoms with Crippen molar-refractivity contribution in [2.45, 2.75) is 37.8 Å². The maximum atomic E-state index is 11.8. The smallest absolute Gasteiger partial charge is 0.315 e. The molecule has 1 aromatic carbocycles. The highest BCUT2D eigenvalue weighted by Crippen LogP contribution is 2.19. The van der Waals surface area contributed by atoms with Crippen LogP contribution in [0, 0.1) is 0 Å². The van der Waals surface area contributed by atoms with Crippen molar-refractivity contribution >= 4 is 12.0 Å². The van der Waals surface area contributed by atoms with Crippen LogP contribution in [-0.2, 0) is 4.79 Å². The molecule has 5 heteroatoms. The van der Waals surface area contributed by atoms with Crippen LogP contribution >= 0.6 is 0 Å². The molecule has 2 amide bonds. The number of carbonyl (C=O) groups is 2. The summed E-state index contributed by atoms with van der Waals surface area (Å²) in [6.45, 7) is 0. The van der Waals surface area contributed by atoms with Gasteiger partial charge in [0.05, 0.1) is 12.5 Å². The van der Waals surface area contributed by atoms with E-state index in [4.69, 9.17) is 5.11 Å². The molecule has 0 radical (unpaired) electrons. The molecule has 0 spiro atoms. The van der Waals surface area contributed by atoms with E-state index >= 15 is 0 Å². The Bertz CT molecular complexity index is 443. The van der Waals surface area contributed by atoms with Crippen LogP contribution in [0.4, 0.5) is 4.79 Å². The number of carbonyl (C=O) groups excluding carboxylic acids is 1. The molecule has 3 N–H and O–H groups in total. The second kappa shape index (κ2) is 6.22. The monoisotopic (exact) mass is 262 g/mol. The first-order valence-corrected chi connectivity index (χ1v) is 6.49. The lowest BCUT2D eigenvalue weighted by Crippen LogP contribution is -2.46. The number of carboxylic acid groups (broad SMARTS) is 1. The van der Waals surface area contributed by atoms with Gasteiger partial charge in [0.1, 0.15) is 0 Å². The minimum absolute atomic E-state index is 0.123. The van der Waals surface area contributed by atoms with Crippen LogP contribution in [0.2, 0.25) is 0 Å². The Labute approximate surface area is 112 Å². The molecule has 1 aliphatic rings. The second-order valence-corrected chi connectivity index (χ2v) is 4.81. The molecule has 0 aliphatic heterocycles. The van der Waals surface area contributed by atoms with Gasteiger partial charge in [0.15, 0.2) is 0 Å². The first-order valence-electron chi connectivity index (χ1n) is 6.49. The van der Waals surface area contributed by atoms with Crippen molar-refractivity contribution in [2.75, 3.05) is 0 Å². The predicted molar refractivity (Wildman–Crippen MR) is 70.7 cm³/mol. The van der Waals surface area contributed by atoms with Crippen molar-refractivity contribution in [1.29, 1.82) is 0 Å². The van der Waals surface area contributed by atoms with Crippen molar-refractivity contribution in [1.82, 2.24) is 10.6 Å². The summed E-state index contributed by atoms with van der Waals surface area (Å²) in [7, 11) is 0. The number of benzene rings is 1. The van der Waals surface area contributed by atoms with E-state index < -0.39 is 12.0 Å². The van der Waals surface area contributed by atoms with E-state index in [0.717, 1.165) is 24.8 Å². The van der Waals surface area contributed by atoms with Gasteiger partial charge in [0.25, 0.3) is 0 Å². The Balaban J connectivity index is 1.97. The molecule has 1 aromatic rings. The van der Waals surface area contributed by atoms with Gasteiger partial charge in [0.2, 0.25) is 0 Å². The predicted octanol–water partition coefficient (Wildman–Crippen LogP) is 2.05. The molecular formula is C14H18N2O3. The SMILES string of the molecule is O=C(O)CC(NC(=O)NC1CCC1)c1ccccc1. The lowest BCUT2D eigenvalue weighted by molar-refractivity contribution is -0.137. The van der Waals surface area contributed by atoms with Crippen molar-refractivity contribution in [3.8, 4) is 0 Å². The normalized spacial score (nSPS) is 16.2. The van der Waals surface area contributed by atoms with Crippen molar-refractivity contribution in [2.24, 2.45) is 0 Å². The molecule has 19 heavy (non-hydrogen) atoms. The molecule has 1 saturated carbocycles. The molecular weight excluding hydrogens is 244 g/mol. The highest BCUT2D eigenvalue weighted by molar-refractivity contribution is 5.76. The summed E-state index contributed by atoms with van der Waals surface area (Å²) in [6, 6.07) is 8.59. The number of carboxylic acids is 1. The maximum absolute atomic E-state index is 11.8. The number of nitrogens with one attached hydrogen (secondary N) is 2. The number of hydrogen-bond acceptors (Lipinski definition) is 2. The number of amides is 2. The van der Waals surface area contributed by atoms with Crippen LogP contribution < -0.4 is 10.6 Å². The third-order valence-corrected chi connectivity index (χ3v) is 3.33. The summed E-state index contributed by atoms with van der Waals surface area (Å²) in [5.74, 6) is -0.933. The Morgan fingerprint density at radius 2 is 1.95 bits per heavy atom. The summed E-state index contributed by atoms with van der Waals surface area (Å²) in [4.78, 5) is 22.7. The van der Waals surface area contributed by atoms with Gasteiger partial charge in [-0.2, -0.15) is 0 Å². The van der Waals surface area contributed by atoms with Gasteiger partial charge >= 0.3 is 12.0 Å². The fourth-order valence-corrected chi connectivity index (χ4v) is 2.05. The van der Waals surface area contributed by atoms with E-state index in [-0.39, 0.29) is 18.5 Å². The van der Waals surface area contributed by atoms with Crippen molar-refractivity contribution < 1.29 is 14.7 Å². The zero-order valence-electron chi connectivity index (χ0n) is 10.6. The number of hydrogen-bond donors (Lipinski definition) is 3. The Morgan fingerprint density at radius 3 is 2.47 bits per heavy atom. The standard InChI is InChI=1S/C14H18N2O3/c17-13(18)9-12(10-5-2-1-3-6-10)16-14(19)15-11-7-4-8-11/h1-3,5-6,11-12H,4,7-9H2,(H,17,18)(H2,15,16,19). The third kappa shape index (κ3) is 3.98. The topological polar surface area (TPSA) is 78.4 Å². The van der Waals surface area contributed by atoms with Gasteiger partial charge in [-0.1, -0.05) is 30.3 Å². The van der Waals surface area contributed by atoms with Gasteiger partial charge in [0, 0.05) is 6.04 Å². The molecule has 0 bridgehead atoms. The molecule has 0 heterocycles. The molecule has 1 aliphatic carbocycles. The maximum Gasteiger partial charge on any atom is 0.315 e. The summed E-state index contributed by atoms with van der Waals surface area (Å²) in [5.41, 5.74) is 0.800. The first kappa shape index (κ1) is 13.4. The van der Waals surface area contributed by atoms with E-state index in [1.807, 2.05) is 30.3 Å². The molecule has 2 rings (SSSR count). The number of urea groups is 1. The summed E-state index contributed by atoms with van der Waals surface area (Å²) in [6.07, 6.45) is 3.02. The molecule has 1 fully saturated rings. The second-order valence-electron chi connectivity index (χ2n) is 4.81. The average molecular weight is 262 g/mol. The molecule has 5 nitrogen and oxygen atoms in total. The minimum Gasteiger partial charge on any atom is -0.481 e. The minimum atomic E-state index is -0.933. The number of aliphatic carboxylic acids is 1. The summed E-state index contributed by atoms with van der Waals surface area (Å²) in [5, 5.41) is 14.5. The molecule has 1 unspecified atom stereocenters. The largest absolute Gasteiger partial charge is 0.481 e. The van der Waals surface area contributed by atoms with Crippen LogP contribution in [0.1, 0.15) is 37.3 Å². The van der Waals surface area contributed by atoms with Crippen LogP contribution in [0.15, 0.2) is 30.3 Å². The third-order valence-electron chi connectivity index (χ3n) is 3.33. The first-order chi connectivity index (χ1) is 9.15. The van der Waals surface area contributed by atoms with Crippen molar-refractivity contribution in [3.05, 3.63) is 35.9 Å².